The van der Waals surface area contributed by atoms with E-state index in [-0.39, 0.29) is 27.9 Å². The summed E-state index contributed by atoms with van der Waals surface area (Å²) >= 11 is 3.43. The summed E-state index contributed by atoms with van der Waals surface area (Å²) in [7, 11) is -3.97. The molecule has 0 aliphatic carbocycles. The number of Topliss-reactive ketones (excluding diaryl/α,β-unsaturated/α-hetero) is 1. The zero-order chi connectivity index (χ0) is 19.7. The largest absolute Gasteiger partial charge is 0.452 e. The second-order valence-corrected chi connectivity index (χ2v) is 8.37. The lowest BCUT2D eigenvalue weighted by Gasteiger charge is -2.07. The minimum Gasteiger partial charge on any atom is -0.452 e. The molecule has 28 heavy (non-hydrogen) atoms. The lowest BCUT2D eigenvalue weighted by molar-refractivity contribution is 0.101. The number of halogens is 1. The maximum absolute atomic E-state index is 12.6. The van der Waals surface area contributed by atoms with Crippen molar-refractivity contribution in [2.24, 2.45) is 0 Å². The summed E-state index contributed by atoms with van der Waals surface area (Å²) in [5.74, 6) is 0.204. The van der Waals surface area contributed by atoms with Gasteiger partial charge >= 0.3 is 10.1 Å². The van der Waals surface area contributed by atoms with Crippen LogP contribution in [0.1, 0.15) is 15.9 Å². The molecule has 0 aromatic heterocycles. The van der Waals surface area contributed by atoms with Gasteiger partial charge in [0, 0.05) is 10.5 Å². The Morgan fingerprint density at radius 1 is 0.929 bits per heavy atom. The van der Waals surface area contributed by atoms with Crippen molar-refractivity contribution in [3.63, 3.8) is 0 Å². The molecule has 1 heterocycles. The van der Waals surface area contributed by atoms with E-state index in [1.807, 2.05) is 24.3 Å². The average molecular weight is 457 g/mol. The molecule has 0 fully saturated rings. The molecule has 0 N–H and O–H groups in total. The molecule has 0 bridgehead atoms. The quantitative estimate of drug-likeness (QED) is 0.415. The monoisotopic (exact) mass is 456 g/mol. The van der Waals surface area contributed by atoms with Gasteiger partial charge in [-0.2, -0.15) is 8.42 Å². The summed E-state index contributed by atoms with van der Waals surface area (Å²) < 4.78 is 36.4. The first-order valence-electron chi connectivity index (χ1n) is 8.26. The number of hydrogen-bond donors (Lipinski definition) is 0. The molecule has 3 aromatic carbocycles. The second kappa shape index (κ2) is 7.26. The fourth-order valence-electron chi connectivity index (χ4n) is 2.71. The van der Waals surface area contributed by atoms with Gasteiger partial charge in [-0.1, -0.05) is 52.3 Å². The van der Waals surface area contributed by atoms with Crippen molar-refractivity contribution in [1.29, 1.82) is 0 Å². The predicted octanol–water partition coefficient (Wildman–Crippen LogP) is 4.83. The van der Waals surface area contributed by atoms with E-state index in [4.69, 9.17) is 8.92 Å². The van der Waals surface area contributed by atoms with Crippen LogP contribution < -0.4 is 8.92 Å². The summed E-state index contributed by atoms with van der Waals surface area (Å²) in [4.78, 5) is 12.6. The second-order valence-electron chi connectivity index (χ2n) is 5.97. The Balaban J connectivity index is 1.62. The van der Waals surface area contributed by atoms with Crippen LogP contribution in [0.15, 0.2) is 87.9 Å². The molecule has 4 rings (SSSR count). The maximum atomic E-state index is 12.6. The van der Waals surface area contributed by atoms with Crippen molar-refractivity contribution in [2.45, 2.75) is 4.90 Å². The minimum absolute atomic E-state index is 0.0435. The molecular formula is C21H13BrO5S. The highest BCUT2D eigenvalue weighted by Gasteiger charge is 2.28. The van der Waals surface area contributed by atoms with E-state index in [0.29, 0.717) is 5.56 Å². The first-order chi connectivity index (χ1) is 13.4. The Morgan fingerprint density at radius 2 is 1.64 bits per heavy atom. The summed E-state index contributed by atoms with van der Waals surface area (Å²) in [5.41, 5.74) is 1.14. The molecule has 0 atom stereocenters. The highest BCUT2D eigenvalue weighted by molar-refractivity contribution is 9.10. The van der Waals surface area contributed by atoms with E-state index in [0.717, 1.165) is 10.0 Å². The first kappa shape index (κ1) is 18.5. The van der Waals surface area contributed by atoms with Gasteiger partial charge in [-0.25, -0.2) is 0 Å². The van der Waals surface area contributed by atoms with Gasteiger partial charge in [0.2, 0.25) is 5.78 Å². The Labute approximate surface area is 170 Å². The third-order valence-electron chi connectivity index (χ3n) is 4.07. The Kier molecular flexibility index (Phi) is 4.78. The number of benzene rings is 3. The number of rotatable bonds is 4. The third-order valence-corrected chi connectivity index (χ3v) is 6.05. The normalized spacial score (nSPS) is 14.6. The van der Waals surface area contributed by atoms with Gasteiger partial charge in [0.15, 0.2) is 5.76 Å². The van der Waals surface area contributed by atoms with Gasteiger partial charge in [-0.05, 0) is 42.0 Å². The molecule has 1 aliphatic rings. The molecule has 7 heteroatoms. The van der Waals surface area contributed by atoms with Gasteiger partial charge < -0.3 is 8.92 Å². The van der Waals surface area contributed by atoms with Crippen LogP contribution in [0.5, 0.6) is 11.5 Å². The molecular weight excluding hydrogens is 444 g/mol. The Hall–Kier alpha value is -2.90. The predicted molar refractivity (Wildman–Crippen MR) is 108 cm³/mol. The molecule has 5 nitrogen and oxygen atoms in total. The van der Waals surface area contributed by atoms with Gasteiger partial charge in [0.25, 0.3) is 0 Å². The van der Waals surface area contributed by atoms with Crippen molar-refractivity contribution in [3.8, 4) is 11.5 Å². The molecule has 1 aliphatic heterocycles. The number of fused-ring (bicyclic) bond motifs is 1. The van der Waals surface area contributed by atoms with Gasteiger partial charge in [0.05, 0.1) is 5.56 Å². The molecule has 0 saturated heterocycles. The molecule has 0 unspecified atom stereocenters. The zero-order valence-corrected chi connectivity index (χ0v) is 16.7. The average Bonchev–Trinajstić information content (AvgIpc) is 2.99. The number of carbonyl (C=O) groups excluding carboxylic acids is 1. The van der Waals surface area contributed by atoms with Crippen LogP contribution in [0.25, 0.3) is 6.08 Å². The maximum Gasteiger partial charge on any atom is 0.339 e. The van der Waals surface area contributed by atoms with E-state index in [1.54, 1.807) is 24.3 Å². The fraction of sp³-hybridized carbons (Fsp3) is 0. The highest BCUT2D eigenvalue weighted by atomic mass is 79.9. The lowest BCUT2D eigenvalue weighted by Crippen LogP contribution is -2.09. The van der Waals surface area contributed by atoms with Crippen LogP contribution in [0.4, 0.5) is 0 Å². The van der Waals surface area contributed by atoms with Gasteiger partial charge in [-0.15, -0.1) is 0 Å². The number of ether oxygens (including phenoxy) is 1. The highest BCUT2D eigenvalue weighted by Crippen LogP contribution is 2.36. The summed E-state index contributed by atoms with van der Waals surface area (Å²) in [6, 6.07) is 19.6. The minimum atomic E-state index is -3.97. The Morgan fingerprint density at radius 3 is 2.39 bits per heavy atom. The topological polar surface area (TPSA) is 69.7 Å². The lowest BCUT2D eigenvalue weighted by atomic mass is 10.1. The molecule has 0 radical (unpaired) electrons. The number of hydrogen-bond acceptors (Lipinski definition) is 5. The number of ketones is 1. The van der Waals surface area contributed by atoms with Crippen LogP contribution >= 0.6 is 15.9 Å². The van der Waals surface area contributed by atoms with Crippen molar-refractivity contribution in [3.05, 3.63) is 94.2 Å². The van der Waals surface area contributed by atoms with Crippen LogP contribution in [-0.2, 0) is 10.1 Å². The van der Waals surface area contributed by atoms with E-state index in [9.17, 15) is 13.2 Å². The zero-order valence-electron chi connectivity index (χ0n) is 14.3. The molecule has 0 saturated carbocycles. The molecule has 0 spiro atoms. The van der Waals surface area contributed by atoms with Gasteiger partial charge in [0.1, 0.15) is 16.4 Å². The smallest absolute Gasteiger partial charge is 0.339 e. The standard InChI is InChI=1S/C21H13BrO5S/c22-18-9-5-4-6-14(18)12-20-21(23)17-11-10-15(13-19(17)26-20)27-28(24,25)16-7-2-1-3-8-16/h1-13H. The molecule has 140 valence electrons. The van der Waals surface area contributed by atoms with E-state index in [2.05, 4.69) is 15.9 Å². The summed E-state index contributed by atoms with van der Waals surface area (Å²) in [5, 5.41) is 0. The third kappa shape index (κ3) is 3.58. The van der Waals surface area contributed by atoms with E-state index >= 15 is 0 Å². The first-order valence-corrected chi connectivity index (χ1v) is 10.5. The van der Waals surface area contributed by atoms with E-state index in [1.165, 1.54) is 30.3 Å². The van der Waals surface area contributed by atoms with Crippen molar-refractivity contribution >= 4 is 37.9 Å². The van der Waals surface area contributed by atoms with Crippen LogP contribution in [-0.4, -0.2) is 14.2 Å². The van der Waals surface area contributed by atoms with Crippen LogP contribution in [0.2, 0.25) is 0 Å². The Bertz CT molecular complexity index is 1200. The van der Waals surface area contributed by atoms with Gasteiger partial charge in [-0.3, -0.25) is 4.79 Å². The summed E-state index contributed by atoms with van der Waals surface area (Å²) in [6.45, 7) is 0. The van der Waals surface area contributed by atoms with Crippen LogP contribution in [0.3, 0.4) is 0 Å². The van der Waals surface area contributed by atoms with Crippen molar-refractivity contribution in [1.82, 2.24) is 0 Å². The SMILES string of the molecule is O=C1C(=Cc2ccccc2Br)Oc2cc(OS(=O)(=O)c3ccccc3)ccc21. The van der Waals surface area contributed by atoms with E-state index < -0.39 is 10.1 Å². The van der Waals surface area contributed by atoms with Crippen LogP contribution in [0, 0.1) is 0 Å². The van der Waals surface area contributed by atoms with Crippen molar-refractivity contribution in [2.75, 3.05) is 0 Å². The number of allylic oxidation sites excluding steroid dienone is 1. The fourth-order valence-corrected chi connectivity index (χ4v) is 4.06. The molecule has 3 aromatic rings. The number of carbonyl (C=O) groups is 1. The van der Waals surface area contributed by atoms with Crippen molar-refractivity contribution < 1.29 is 22.1 Å². The summed E-state index contributed by atoms with van der Waals surface area (Å²) in [6.07, 6.45) is 1.63. The molecule has 0 amide bonds.